The molecular formula is C13H16ClNO2S. The summed E-state index contributed by atoms with van der Waals surface area (Å²) in [4.78, 5) is 0. The summed E-state index contributed by atoms with van der Waals surface area (Å²) in [6, 6.07) is 7.08. The Morgan fingerprint density at radius 2 is 1.67 bits per heavy atom. The second-order valence-corrected chi connectivity index (χ2v) is 6.61. The molecule has 3 nitrogen and oxygen atoms in total. The van der Waals surface area contributed by atoms with Crippen molar-refractivity contribution in [1.29, 1.82) is 0 Å². The molecule has 0 radical (unpaired) electrons. The Morgan fingerprint density at radius 1 is 1.06 bits per heavy atom. The zero-order valence-electron chi connectivity index (χ0n) is 10.0. The summed E-state index contributed by atoms with van der Waals surface area (Å²) in [6.45, 7) is 1.26. The van der Waals surface area contributed by atoms with Gasteiger partial charge in [-0.1, -0.05) is 30.2 Å². The molecule has 1 fully saturated rings. The molecule has 98 valence electrons. The molecule has 1 saturated heterocycles. The Bertz CT molecular complexity index is 516. The minimum Gasteiger partial charge on any atom is -0.208 e. The van der Waals surface area contributed by atoms with Gasteiger partial charge in [-0.05, 0) is 36.6 Å². The molecule has 0 spiro atoms. The number of benzene rings is 1. The van der Waals surface area contributed by atoms with Gasteiger partial charge in [0, 0.05) is 23.5 Å². The van der Waals surface area contributed by atoms with Crippen molar-refractivity contribution in [2.75, 3.05) is 13.1 Å². The summed E-state index contributed by atoms with van der Waals surface area (Å²) in [6.07, 6.45) is 4.63. The maximum atomic E-state index is 12.0. The van der Waals surface area contributed by atoms with E-state index in [2.05, 4.69) is 0 Å². The molecule has 1 aromatic carbocycles. The van der Waals surface area contributed by atoms with Crippen molar-refractivity contribution in [2.24, 2.45) is 0 Å². The summed E-state index contributed by atoms with van der Waals surface area (Å²) in [5.41, 5.74) is 0.833. The molecule has 1 aromatic rings. The van der Waals surface area contributed by atoms with Gasteiger partial charge in [-0.15, -0.1) is 0 Å². The van der Waals surface area contributed by atoms with Crippen LogP contribution >= 0.6 is 11.6 Å². The topological polar surface area (TPSA) is 37.4 Å². The third-order valence-corrected chi connectivity index (χ3v) is 4.79. The first kappa shape index (κ1) is 13.6. The van der Waals surface area contributed by atoms with E-state index < -0.39 is 10.0 Å². The van der Waals surface area contributed by atoms with Gasteiger partial charge in [-0.25, -0.2) is 8.42 Å². The average Bonchev–Trinajstić information content (AvgIpc) is 2.39. The molecule has 0 N–H and O–H groups in total. The molecule has 0 atom stereocenters. The lowest BCUT2D eigenvalue weighted by Gasteiger charge is -2.24. The number of rotatable bonds is 3. The second-order valence-electron chi connectivity index (χ2n) is 4.36. The van der Waals surface area contributed by atoms with Gasteiger partial charge < -0.3 is 0 Å². The molecule has 0 amide bonds. The van der Waals surface area contributed by atoms with Crippen LogP contribution in [0.3, 0.4) is 0 Å². The van der Waals surface area contributed by atoms with Crippen molar-refractivity contribution >= 4 is 27.7 Å². The zero-order chi connectivity index (χ0) is 13.0. The quantitative estimate of drug-likeness (QED) is 0.856. The smallest absolute Gasteiger partial charge is 0.208 e. The monoisotopic (exact) mass is 285 g/mol. The van der Waals surface area contributed by atoms with Crippen molar-refractivity contribution in [3.8, 4) is 0 Å². The van der Waals surface area contributed by atoms with Gasteiger partial charge in [0.05, 0.1) is 0 Å². The van der Waals surface area contributed by atoms with E-state index in [4.69, 9.17) is 11.6 Å². The first-order valence-corrected chi connectivity index (χ1v) is 7.90. The summed E-state index contributed by atoms with van der Waals surface area (Å²) in [5.74, 6) is 0. The Kier molecular flexibility index (Phi) is 4.43. The molecule has 0 saturated carbocycles. The minimum atomic E-state index is -3.27. The molecule has 0 aromatic heterocycles. The van der Waals surface area contributed by atoms with E-state index in [0.717, 1.165) is 24.8 Å². The van der Waals surface area contributed by atoms with Gasteiger partial charge >= 0.3 is 0 Å². The number of hydrogen-bond donors (Lipinski definition) is 0. The summed E-state index contributed by atoms with van der Waals surface area (Å²) >= 11 is 5.77. The van der Waals surface area contributed by atoms with Crippen molar-refractivity contribution in [1.82, 2.24) is 4.31 Å². The fourth-order valence-electron chi connectivity index (χ4n) is 1.94. The Labute approximate surface area is 113 Å². The van der Waals surface area contributed by atoms with E-state index in [1.165, 1.54) is 5.41 Å². The fraction of sp³-hybridized carbons (Fsp3) is 0.385. The Hall–Kier alpha value is -0.840. The first-order valence-electron chi connectivity index (χ1n) is 6.02. The van der Waals surface area contributed by atoms with Crippen LogP contribution in [-0.2, 0) is 10.0 Å². The van der Waals surface area contributed by atoms with Crippen LogP contribution in [0.4, 0.5) is 0 Å². The van der Waals surface area contributed by atoms with Gasteiger partial charge in [0.1, 0.15) is 0 Å². The Balaban J connectivity index is 2.09. The van der Waals surface area contributed by atoms with E-state index in [-0.39, 0.29) is 0 Å². The van der Waals surface area contributed by atoms with Gasteiger partial charge in [0.25, 0.3) is 0 Å². The lowest BCUT2D eigenvalue weighted by atomic mass is 10.2. The van der Waals surface area contributed by atoms with Gasteiger partial charge in [0.2, 0.25) is 10.0 Å². The number of nitrogens with zero attached hydrogens (tertiary/aromatic N) is 1. The van der Waals surface area contributed by atoms with Crippen LogP contribution in [0.1, 0.15) is 24.8 Å². The second kappa shape index (κ2) is 5.87. The van der Waals surface area contributed by atoms with E-state index >= 15 is 0 Å². The average molecular weight is 286 g/mol. The predicted molar refractivity (Wildman–Crippen MR) is 74.8 cm³/mol. The maximum absolute atomic E-state index is 12.0. The maximum Gasteiger partial charge on any atom is 0.236 e. The van der Waals surface area contributed by atoms with Crippen molar-refractivity contribution in [3.63, 3.8) is 0 Å². The highest BCUT2D eigenvalue weighted by Gasteiger charge is 2.20. The third-order valence-electron chi connectivity index (χ3n) is 2.98. The van der Waals surface area contributed by atoms with Crippen LogP contribution in [0.2, 0.25) is 5.02 Å². The number of hydrogen-bond acceptors (Lipinski definition) is 2. The van der Waals surface area contributed by atoms with Crippen LogP contribution in [0.25, 0.3) is 6.08 Å². The van der Waals surface area contributed by atoms with E-state index in [9.17, 15) is 8.42 Å². The van der Waals surface area contributed by atoms with Crippen molar-refractivity contribution < 1.29 is 8.42 Å². The zero-order valence-corrected chi connectivity index (χ0v) is 11.6. The molecule has 18 heavy (non-hydrogen) atoms. The minimum absolute atomic E-state index is 0.632. The first-order chi connectivity index (χ1) is 8.58. The molecular weight excluding hydrogens is 270 g/mol. The van der Waals surface area contributed by atoms with E-state index in [0.29, 0.717) is 18.1 Å². The standard InChI is InChI=1S/C13H16ClNO2S/c14-13-6-4-12(5-7-13)8-11-18(16,17)15-9-2-1-3-10-15/h4-8,11H,1-3,9-10H2/b11-8-. The summed E-state index contributed by atoms with van der Waals surface area (Å²) in [7, 11) is -3.27. The van der Waals surface area contributed by atoms with Crippen LogP contribution in [-0.4, -0.2) is 25.8 Å². The van der Waals surface area contributed by atoms with Gasteiger partial charge in [-0.2, -0.15) is 4.31 Å². The highest BCUT2D eigenvalue weighted by atomic mass is 35.5. The SMILES string of the molecule is O=S(=O)(/C=C\c1ccc(Cl)cc1)N1CCCCC1. The lowest BCUT2D eigenvalue weighted by molar-refractivity contribution is 0.350. The number of sulfonamides is 1. The summed E-state index contributed by atoms with van der Waals surface area (Å²) in [5, 5.41) is 1.92. The number of halogens is 1. The van der Waals surface area contributed by atoms with Crippen LogP contribution < -0.4 is 0 Å². The Morgan fingerprint density at radius 3 is 2.28 bits per heavy atom. The normalized spacial score (nSPS) is 18.3. The molecule has 1 aliphatic heterocycles. The molecule has 0 bridgehead atoms. The highest BCUT2D eigenvalue weighted by Crippen LogP contribution is 2.16. The summed E-state index contributed by atoms with van der Waals surface area (Å²) < 4.78 is 25.6. The van der Waals surface area contributed by atoms with E-state index in [1.807, 2.05) is 0 Å². The van der Waals surface area contributed by atoms with E-state index in [1.54, 1.807) is 34.6 Å². The van der Waals surface area contributed by atoms with Crippen LogP contribution in [0.15, 0.2) is 29.7 Å². The van der Waals surface area contributed by atoms with Crippen LogP contribution in [0.5, 0.6) is 0 Å². The fourth-order valence-corrected chi connectivity index (χ4v) is 3.34. The highest BCUT2D eigenvalue weighted by molar-refractivity contribution is 7.92. The molecule has 2 rings (SSSR count). The molecule has 1 heterocycles. The molecule has 5 heteroatoms. The molecule has 1 aliphatic rings. The largest absolute Gasteiger partial charge is 0.236 e. The molecule has 0 aliphatic carbocycles. The van der Waals surface area contributed by atoms with Gasteiger partial charge in [-0.3, -0.25) is 0 Å². The van der Waals surface area contributed by atoms with Crippen molar-refractivity contribution in [3.05, 3.63) is 40.3 Å². The van der Waals surface area contributed by atoms with Crippen molar-refractivity contribution in [2.45, 2.75) is 19.3 Å². The third kappa shape index (κ3) is 3.57. The van der Waals surface area contributed by atoms with Crippen LogP contribution in [0, 0.1) is 0 Å². The number of piperidine rings is 1. The lowest BCUT2D eigenvalue weighted by Crippen LogP contribution is -2.34. The van der Waals surface area contributed by atoms with Gasteiger partial charge in [0.15, 0.2) is 0 Å². The predicted octanol–water partition coefficient (Wildman–Crippen LogP) is 3.13. The molecule has 0 unspecified atom stereocenters.